The molecule has 7 heteroatoms. The van der Waals surface area contributed by atoms with Crippen molar-refractivity contribution in [2.24, 2.45) is 0 Å². The molecule has 0 fully saturated rings. The van der Waals surface area contributed by atoms with Crippen LogP contribution in [0.1, 0.15) is 28.7 Å². The Morgan fingerprint density at radius 1 is 1.15 bits per heavy atom. The van der Waals surface area contributed by atoms with Crippen molar-refractivity contribution >= 4 is 5.97 Å². The Balaban J connectivity index is 2.00. The van der Waals surface area contributed by atoms with E-state index >= 15 is 0 Å². The Labute approximate surface area is 156 Å². The van der Waals surface area contributed by atoms with Crippen LogP contribution in [0.2, 0.25) is 0 Å². The first-order valence-corrected chi connectivity index (χ1v) is 8.49. The topological polar surface area (TPSA) is 83.7 Å². The highest BCUT2D eigenvalue weighted by Crippen LogP contribution is 2.36. The summed E-state index contributed by atoms with van der Waals surface area (Å²) in [5.41, 5.74) is 1.73. The van der Waals surface area contributed by atoms with Gasteiger partial charge in [-0.1, -0.05) is 35.5 Å². The molecular weight excluding hydrogens is 348 g/mol. The molecule has 0 atom stereocenters. The molecule has 3 aromatic rings. The number of nitrogens with zero attached hydrogens (tertiary/aromatic N) is 2. The Morgan fingerprint density at radius 3 is 2.56 bits per heavy atom. The molecule has 0 radical (unpaired) electrons. The van der Waals surface area contributed by atoms with Crippen LogP contribution in [0.3, 0.4) is 0 Å². The predicted molar refractivity (Wildman–Crippen MR) is 97.8 cm³/mol. The summed E-state index contributed by atoms with van der Waals surface area (Å²) in [6, 6.07) is 12.9. The lowest BCUT2D eigenvalue weighted by Crippen LogP contribution is -2.08. The first kappa shape index (κ1) is 18.4. The summed E-state index contributed by atoms with van der Waals surface area (Å²) >= 11 is 0. The second-order valence-corrected chi connectivity index (χ2v) is 5.68. The number of benzene rings is 2. The van der Waals surface area contributed by atoms with Crippen LogP contribution in [-0.4, -0.2) is 29.8 Å². The van der Waals surface area contributed by atoms with Gasteiger partial charge in [0, 0.05) is 12.5 Å². The maximum Gasteiger partial charge on any atom is 0.339 e. The second-order valence-electron chi connectivity index (χ2n) is 5.68. The van der Waals surface area contributed by atoms with Crippen molar-refractivity contribution in [3.63, 3.8) is 0 Å². The van der Waals surface area contributed by atoms with E-state index in [0.717, 1.165) is 5.56 Å². The van der Waals surface area contributed by atoms with Crippen molar-refractivity contribution in [2.45, 2.75) is 20.5 Å². The third-order valence-electron chi connectivity index (χ3n) is 3.80. The molecular formula is C20H20N2O5. The lowest BCUT2D eigenvalue weighted by Gasteiger charge is -2.14. The number of aryl methyl sites for hydroxylation is 1. The first-order chi connectivity index (χ1) is 13.1. The van der Waals surface area contributed by atoms with Crippen molar-refractivity contribution in [3.05, 3.63) is 59.5 Å². The van der Waals surface area contributed by atoms with Crippen LogP contribution in [-0.2, 0) is 11.3 Å². The van der Waals surface area contributed by atoms with Crippen molar-refractivity contribution < 1.29 is 23.5 Å². The summed E-state index contributed by atoms with van der Waals surface area (Å²) in [6.45, 7) is 4.00. The smallest absolute Gasteiger partial charge is 0.339 e. The Morgan fingerprint density at radius 2 is 1.93 bits per heavy atom. The molecule has 0 aliphatic heterocycles. The van der Waals surface area contributed by atoms with Crippen molar-refractivity contribution in [1.82, 2.24) is 10.1 Å². The van der Waals surface area contributed by atoms with Gasteiger partial charge < -0.3 is 18.7 Å². The molecule has 0 bridgehead atoms. The van der Waals surface area contributed by atoms with E-state index in [9.17, 15) is 4.79 Å². The maximum absolute atomic E-state index is 12.5. The number of methoxy groups -OCH3 is 1. The van der Waals surface area contributed by atoms with Gasteiger partial charge in [-0.05, 0) is 24.6 Å². The van der Waals surface area contributed by atoms with Gasteiger partial charge in [-0.15, -0.1) is 0 Å². The fourth-order valence-corrected chi connectivity index (χ4v) is 2.54. The van der Waals surface area contributed by atoms with Gasteiger partial charge in [0.05, 0.1) is 19.3 Å². The number of rotatable bonds is 7. The van der Waals surface area contributed by atoms with Crippen molar-refractivity contribution in [2.75, 3.05) is 13.7 Å². The van der Waals surface area contributed by atoms with E-state index in [1.54, 1.807) is 26.0 Å². The quantitative estimate of drug-likeness (QED) is 0.586. The van der Waals surface area contributed by atoms with E-state index in [1.807, 2.05) is 30.3 Å². The molecule has 0 saturated carbocycles. The number of carbonyl (C=O) groups is 1. The molecule has 3 rings (SSSR count). The van der Waals surface area contributed by atoms with Crippen LogP contribution in [0.4, 0.5) is 0 Å². The molecule has 0 spiro atoms. The second kappa shape index (κ2) is 8.35. The molecule has 2 aromatic carbocycles. The lowest BCUT2D eigenvalue weighted by molar-refractivity contribution is 0.0526. The van der Waals surface area contributed by atoms with E-state index in [4.69, 9.17) is 18.7 Å². The summed E-state index contributed by atoms with van der Waals surface area (Å²) in [5.74, 6) is 1.05. The molecule has 0 unspecified atom stereocenters. The largest absolute Gasteiger partial charge is 0.493 e. The molecule has 27 heavy (non-hydrogen) atoms. The van der Waals surface area contributed by atoms with Crippen LogP contribution < -0.4 is 9.47 Å². The zero-order chi connectivity index (χ0) is 19.2. The average Bonchev–Trinajstić information content (AvgIpc) is 3.13. The van der Waals surface area contributed by atoms with E-state index in [1.165, 1.54) is 7.11 Å². The van der Waals surface area contributed by atoms with Gasteiger partial charge in [0.2, 0.25) is 11.7 Å². The standard InChI is InChI=1S/C20H20N2O5/c1-4-25-20(23)16-11-18(26-12-14-8-6-5-7-9-14)17(24-3)10-15(16)19-21-13(2)27-22-19/h5-11H,4,12H2,1-3H3. The first-order valence-electron chi connectivity index (χ1n) is 8.49. The fraction of sp³-hybridized carbons (Fsp3) is 0.250. The molecule has 0 N–H and O–H groups in total. The summed E-state index contributed by atoms with van der Waals surface area (Å²) in [5, 5.41) is 3.90. The fourth-order valence-electron chi connectivity index (χ4n) is 2.54. The minimum absolute atomic E-state index is 0.246. The zero-order valence-corrected chi connectivity index (χ0v) is 15.4. The van der Waals surface area contributed by atoms with Crippen LogP contribution in [0.15, 0.2) is 47.0 Å². The number of ether oxygens (including phenoxy) is 3. The summed E-state index contributed by atoms with van der Waals surface area (Å²) in [4.78, 5) is 16.7. The van der Waals surface area contributed by atoms with E-state index < -0.39 is 5.97 Å². The number of hydrogen-bond donors (Lipinski definition) is 0. The number of aromatic nitrogens is 2. The SMILES string of the molecule is CCOC(=O)c1cc(OCc2ccccc2)c(OC)cc1-c1noc(C)n1. The maximum atomic E-state index is 12.5. The lowest BCUT2D eigenvalue weighted by atomic mass is 10.1. The Hall–Kier alpha value is -3.35. The molecule has 1 heterocycles. The van der Waals surface area contributed by atoms with Gasteiger partial charge in [-0.2, -0.15) is 4.98 Å². The Kier molecular flexibility index (Phi) is 5.71. The van der Waals surface area contributed by atoms with Gasteiger partial charge in [0.15, 0.2) is 11.5 Å². The van der Waals surface area contributed by atoms with Gasteiger partial charge in [0.1, 0.15) is 6.61 Å². The highest BCUT2D eigenvalue weighted by Gasteiger charge is 2.22. The van der Waals surface area contributed by atoms with Gasteiger partial charge in [-0.3, -0.25) is 0 Å². The van der Waals surface area contributed by atoms with Crippen molar-refractivity contribution in [1.29, 1.82) is 0 Å². The third-order valence-corrected chi connectivity index (χ3v) is 3.80. The molecule has 0 saturated heterocycles. The minimum Gasteiger partial charge on any atom is -0.493 e. The molecule has 0 amide bonds. The third kappa shape index (κ3) is 4.25. The van der Waals surface area contributed by atoms with Crippen molar-refractivity contribution in [3.8, 4) is 22.9 Å². The van der Waals surface area contributed by atoms with Gasteiger partial charge >= 0.3 is 5.97 Å². The number of hydrogen-bond acceptors (Lipinski definition) is 7. The van der Waals surface area contributed by atoms with Gasteiger partial charge in [0.25, 0.3) is 0 Å². The van der Waals surface area contributed by atoms with E-state index in [-0.39, 0.29) is 18.0 Å². The molecule has 7 nitrogen and oxygen atoms in total. The summed E-state index contributed by atoms with van der Waals surface area (Å²) in [7, 11) is 1.53. The summed E-state index contributed by atoms with van der Waals surface area (Å²) < 4.78 is 21.5. The monoisotopic (exact) mass is 368 g/mol. The van der Waals surface area contributed by atoms with Crippen LogP contribution in [0, 0.1) is 6.92 Å². The minimum atomic E-state index is -0.498. The van der Waals surface area contributed by atoms with E-state index in [0.29, 0.717) is 29.6 Å². The predicted octanol–water partition coefficient (Wildman–Crippen LogP) is 3.81. The number of esters is 1. The van der Waals surface area contributed by atoms with E-state index in [2.05, 4.69) is 10.1 Å². The zero-order valence-electron chi connectivity index (χ0n) is 15.4. The van der Waals surface area contributed by atoms with Crippen LogP contribution in [0.25, 0.3) is 11.4 Å². The van der Waals surface area contributed by atoms with Gasteiger partial charge in [-0.25, -0.2) is 4.79 Å². The molecule has 140 valence electrons. The number of carbonyl (C=O) groups excluding carboxylic acids is 1. The molecule has 1 aromatic heterocycles. The highest BCUT2D eigenvalue weighted by molar-refractivity contribution is 5.97. The molecule has 0 aliphatic carbocycles. The van der Waals surface area contributed by atoms with Crippen LogP contribution >= 0.6 is 0 Å². The molecule has 0 aliphatic rings. The van der Waals surface area contributed by atoms with Crippen LogP contribution in [0.5, 0.6) is 11.5 Å². The summed E-state index contributed by atoms with van der Waals surface area (Å²) in [6.07, 6.45) is 0. The Bertz CT molecular complexity index is 921. The average molecular weight is 368 g/mol. The highest BCUT2D eigenvalue weighted by atomic mass is 16.5. The normalized spacial score (nSPS) is 10.5.